The maximum Gasteiger partial charge on any atom is 0.253 e. The van der Waals surface area contributed by atoms with Gasteiger partial charge in [0.1, 0.15) is 11.6 Å². The molecular formula is C27H38F2N4O5S. The van der Waals surface area contributed by atoms with Gasteiger partial charge in [0.25, 0.3) is 11.8 Å². The molecule has 0 aliphatic heterocycles. The molecule has 216 valence electrons. The van der Waals surface area contributed by atoms with Crippen LogP contribution in [-0.4, -0.2) is 74.3 Å². The molecule has 2 aromatic carbocycles. The number of nitrogens with zero attached hydrogens (tertiary/aromatic N) is 1. The van der Waals surface area contributed by atoms with Crippen LogP contribution >= 0.6 is 0 Å². The highest BCUT2D eigenvalue weighted by Crippen LogP contribution is 2.16. The van der Waals surface area contributed by atoms with Gasteiger partial charge < -0.3 is 20.6 Å². The van der Waals surface area contributed by atoms with Crippen LogP contribution in [0.15, 0.2) is 36.4 Å². The third kappa shape index (κ3) is 11.0. The molecule has 2 amide bonds. The Kier molecular flexibility index (Phi) is 12.4. The zero-order valence-corrected chi connectivity index (χ0v) is 23.4. The Bertz CT molecular complexity index is 1220. The lowest BCUT2D eigenvalue weighted by Crippen LogP contribution is -2.49. The van der Waals surface area contributed by atoms with Gasteiger partial charge in [-0.3, -0.25) is 9.59 Å². The molecule has 2 atom stereocenters. The van der Waals surface area contributed by atoms with Crippen molar-refractivity contribution in [2.24, 2.45) is 5.14 Å². The van der Waals surface area contributed by atoms with Gasteiger partial charge in [0.15, 0.2) is 0 Å². The third-order valence-electron chi connectivity index (χ3n) is 5.94. The Morgan fingerprint density at radius 2 is 1.59 bits per heavy atom. The monoisotopic (exact) mass is 568 g/mol. The van der Waals surface area contributed by atoms with Crippen LogP contribution in [0.4, 0.5) is 8.78 Å². The van der Waals surface area contributed by atoms with Crippen LogP contribution in [0.5, 0.6) is 0 Å². The van der Waals surface area contributed by atoms with E-state index in [2.05, 4.69) is 10.6 Å². The van der Waals surface area contributed by atoms with Crippen LogP contribution < -0.4 is 15.8 Å². The number of aryl methyl sites for hydroxylation is 1. The molecule has 2 rings (SSSR count). The highest BCUT2D eigenvalue weighted by atomic mass is 32.2. The molecule has 0 saturated heterocycles. The molecule has 12 heteroatoms. The second-order valence-electron chi connectivity index (χ2n) is 9.58. The van der Waals surface area contributed by atoms with Crippen molar-refractivity contribution in [3.63, 3.8) is 0 Å². The van der Waals surface area contributed by atoms with Crippen LogP contribution in [-0.2, 0) is 16.4 Å². The topological polar surface area (TPSA) is 142 Å². The number of hydrogen-bond donors (Lipinski definition) is 4. The van der Waals surface area contributed by atoms with E-state index in [0.29, 0.717) is 30.3 Å². The minimum atomic E-state index is -3.71. The standard InChI is InChI=1S/C27H38F2N4O5S/c1-4-7-33(8-5-2)27(36)21-11-18(3)10-20(15-21)26(35)32-24(14-19-12-22(28)16-23(29)13-19)25(34)17-31-6-9-39(30,37)38/h10-13,15-16,24-25,31,34H,4-9,14,17H2,1-3H3,(H,32,35)(H2,30,37,38)/t24-,25+/m0/s1. The molecule has 0 aromatic heterocycles. The number of nitrogens with two attached hydrogens (primary N) is 1. The molecule has 0 aliphatic rings. The summed E-state index contributed by atoms with van der Waals surface area (Å²) in [5.74, 6) is -2.75. The van der Waals surface area contributed by atoms with Crippen LogP contribution in [0.25, 0.3) is 0 Å². The van der Waals surface area contributed by atoms with Crippen LogP contribution in [0.1, 0.15) is 58.5 Å². The Morgan fingerprint density at radius 3 is 2.15 bits per heavy atom. The molecule has 0 radical (unpaired) electrons. The average Bonchev–Trinajstić information content (AvgIpc) is 2.84. The van der Waals surface area contributed by atoms with Gasteiger partial charge in [0.05, 0.1) is 17.9 Å². The Balaban J connectivity index is 2.28. The van der Waals surface area contributed by atoms with Gasteiger partial charge in [0.2, 0.25) is 10.0 Å². The van der Waals surface area contributed by atoms with Crippen molar-refractivity contribution in [3.8, 4) is 0 Å². The number of aliphatic hydroxyl groups is 1. The Labute approximate surface area is 228 Å². The van der Waals surface area contributed by atoms with Gasteiger partial charge in [-0.15, -0.1) is 0 Å². The highest BCUT2D eigenvalue weighted by molar-refractivity contribution is 7.89. The third-order valence-corrected chi connectivity index (χ3v) is 6.71. The molecule has 0 bridgehead atoms. The summed E-state index contributed by atoms with van der Waals surface area (Å²) in [6.45, 7) is 6.71. The van der Waals surface area contributed by atoms with Crippen molar-refractivity contribution in [2.75, 3.05) is 31.9 Å². The summed E-state index contributed by atoms with van der Waals surface area (Å²) in [6.07, 6.45) is 0.208. The van der Waals surface area contributed by atoms with E-state index in [-0.39, 0.29) is 42.3 Å². The van der Waals surface area contributed by atoms with Gasteiger partial charge in [-0.05, 0) is 67.6 Å². The molecule has 39 heavy (non-hydrogen) atoms. The van der Waals surface area contributed by atoms with Crippen molar-refractivity contribution in [1.29, 1.82) is 0 Å². The van der Waals surface area contributed by atoms with E-state index in [0.717, 1.165) is 25.0 Å². The lowest BCUT2D eigenvalue weighted by molar-refractivity contribution is 0.0755. The fourth-order valence-electron chi connectivity index (χ4n) is 4.20. The molecule has 0 fully saturated rings. The van der Waals surface area contributed by atoms with Gasteiger partial charge in [0, 0.05) is 43.4 Å². The largest absolute Gasteiger partial charge is 0.390 e. The first-order chi connectivity index (χ1) is 18.3. The van der Waals surface area contributed by atoms with E-state index in [1.807, 2.05) is 13.8 Å². The van der Waals surface area contributed by atoms with Crippen LogP contribution in [0.2, 0.25) is 0 Å². The average molecular weight is 569 g/mol. The zero-order valence-electron chi connectivity index (χ0n) is 22.5. The maximum absolute atomic E-state index is 13.8. The Morgan fingerprint density at radius 1 is 1.00 bits per heavy atom. The molecule has 0 spiro atoms. The number of nitrogens with one attached hydrogen (secondary N) is 2. The smallest absolute Gasteiger partial charge is 0.253 e. The molecule has 5 N–H and O–H groups in total. The lowest BCUT2D eigenvalue weighted by atomic mass is 9.99. The van der Waals surface area contributed by atoms with Crippen LogP contribution in [0.3, 0.4) is 0 Å². The van der Waals surface area contributed by atoms with E-state index in [1.165, 1.54) is 6.07 Å². The first kappa shape index (κ1) is 32.3. The van der Waals surface area contributed by atoms with Gasteiger partial charge in [-0.25, -0.2) is 22.3 Å². The van der Waals surface area contributed by atoms with Gasteiger partial charge in [-0.2, -0.15) is 0 Å². The van der Waals surface area contributed by atoms with E-state index < -0.39 is 39.7 Å². The molecular weight excluding hydrogens is 530 g/mol. The maximum atomic E-state index is 13.8. The summed E-state index contributed by atoms with van der Waals surface area (Å²) in [5.41, 5.74) is 1.44. The lowest BCUT2D eigenvalue weighted by Gasteiger charge is -2.25. The van der Waals surface area contributed by atoms with E-state index in [9.17, 15) is 31.9 Å². The molecule has 9 nitrogen and oxygen atoms in total. The van der Waals surface area contributed by atoms with Crippen molar-refractivity contribution in [3.05, 3.63) is 70.3 Å². The Hall–Kier alpha value is -2.93. The number of halogens is 2. The number of primary sulfonamides is 1. The SMILES string of the molecule is CCCN(CCC)C(=O)c1cc(C)cc(C(=O)N[C@@H](Cc2cc(F)cc(F)c2)[C@H](O)CNCCS(N)(=O)=O)c1. The van der Waals surface area contributed by atoms with Gasteiger partial charge >= 0.3 is 0 Å². The first-order valence-electron chi connectivity index (χ1n) is 12.9. The van der Waals surface area contributed by atoms with Crippen LogP contribution in [0, 0.1) is 18.6 Å². The van der Waals surface area contributed by atoms with E-state index in [1.54, 1.807) is 24.0 Å². The highest BCUT2D eigenvalue weighted by Gasteiger charge is 2.24. The number of aliphatic hydroxyl groups excluding tert-OH is 1. The molecule has 0 aliphatic carbocycles. The van der Waals surface area contributed by atoms with Crippen molar-refractivity contribution >= 4 is 21.8 Å². The molecule has 0 unspecified atom stereocenters. The van der Waals surface area contributed by atoms with Crippen molar-refractivity contribution < 1.29 is 31.9 Å². The number of amides is 2. The van der Waals surface area contributed by atoms with Crippen molar-refractivity contribution in [2.45, 2.75) is 52.2 Å². The number of rotatable bonds is 15. The number of hydrogen-bond acceptors (Lipinski definition) is 6. The normalized spacial score (nSPS) is 13.1. The summed E-state index contributed by atoms with van der Waals surface area (Å²) >= 11 is 0. The number of carbonyl (C=O) groups excluding carboxylic acids is 2. The fraction of sp³-hybridized carbons (Fsp3) is 0.481. The summed E-state index contributed by atoms with van der Waals surface area (Å²) < 4.78 is 49.9. The number of sulfonamides is 1. The van der Waals surface area contributed by atoms with Gasteiger partial charge in [-0.1, -0.05) is 13.8 Å². The fourth-order valence-corrected chi connectivity index (χ4v) is 4.63. The molecule has 2 aromatic rings. The van der Waals surface area contributed by atoms with Crippen molar-refractivity contribution in [1.82, 2.24) is 15.5 Å². The first-order valence-corrected chi connectivity index (χ1v) is 14.6. The minimum absolute atomic E-state index is 0.0411. The quantitative estimate of drug-likeness (QED) is 0.243. The minimum Gasteiger partial charge on any atom is -0.390 e. The summed E-state index contributed by atoms with van der Waals surface area (Å²) in [6, 6.07) is 6.70. The summed E-state index contributed by atoms with van der Waals surface area (Å²) in [5, 5.41) is 21.3. The summed E-state index contributed by atoms with van der Waals surface area (Å²) in [4.78, 5) is 28.1. The number of carbonyl (C=O) groups is 2. The zero-order chi connectivity index (χ0) is 29.2. The predicted molar refractivity (Wildman–Crippen MR) is 146 cm³/mol. The van der Waals surface area contributed by atoms with E-state index >= 15 is 0 Å². The van der Waals surface area contributed by atoms with E-state index in [4.69, 9.17) is 5.14 Å². The molecule has 0 heterocycles. The molecule has 0 saturated carbocycles. The predicted octanol–water partition coefficient (Wildman–Crippen LogP) is 2.12. The second kappa shape index (κ2) is 15.0. The number of benzene rings is 2. The second-order valence-corrected chi connectivity index (χ2v) is 11.3. The summed E-state index contributed by atoms with van der Waals surface area (Å²) in [7, 11) is -3.71.